The quantitative estimate of drug-likeness (QED) is 0.585. The summed E-state index contributed by atoms with van der Waals surface area (Å²) in [6.07, 6.45) is 2.63. The molecule has 2 aromatic heterocycles. The first-order valence-corrected chi connectivity index (χ1v) is 9.75. The molecule has 0 saturated heterocycles. The molecule has 146 valence electrons. The third-order valence-electron chi connectivity index (χ3n) is 5.51. The van der Waals surface area contributed by atoms with Crippen molar-refractivity contribution in [3.63, 3.8) is 0 Å². The lowest BCUT2D eigenvalue weighted by molar-refractivity contribution is 0.243. The van der Waals surface area contributed by atoms with E-state index in [0.29, 0.717) is 0 Å². The molecule has 5 rings (SSSR count). The van der Waals surface area contributed by atoms with Crippen LogP contribution in [0.2, 0.25) is 0 Å². The largest absolute Gasteiger partial charge is 0.497 e. The SMILES string of the molecule is COc1ccc(-c2cn3c(=O)[nH]c4c(c3n2)CN(Cc2ccccc2)CC4)cc1. The van der Waals surface area contributed by atoms with Gasteiger partial charge in [-0.05, 0) is 29.8 Å². The van der Waals surface area contributed by atoms with Gasteiger partial charge in [0.1, 0.15) is 11.4 Å². The molecule has 4 aromatic rings. The minimum Gasteiger partial charge on any atom is -0.497 e. The van der Waals surface area contributed by atoms with Gasteiger partial charge in [0.15, 0.2) is 0 Å². The zero-order chi connectivity index (χ0) is 19.8. The van der Waals surface area contributed by atoms with Crippen molar-refractivity contribution in [2.75, 3.05) is 13.7 Å². The molecule has 2 aromatic carbocycles. The van der Waals surface area contributed by atoms with Gasteiger partial charge in [0.05, 0.1) is 12.8 Å². The average molecular weight is 386 g/mol. The maximum atomic E-state index is 12.6. The van der Waals surface area contributed by atoms with Crippen LogP contribution in [0.4, 0.5) is 0 Å². The van der Waals surface area contributed by atoms with E-state index in [2.05, 4.69) is 34.1 Å². The van der Waals surface area contributed by atoms with Gasteiger partial charge in [-0.1, -0.05) is 30.3 Å². The molecule has 0 radical (unpaired) electrons. The highest BCUT2D eigenvalue weighted by atomic mass is 16.5. The Hall–Kier alpha value is -3.38. The summed E-state index contributed by atoms with van der Waals surface area (Å²) < 4.78 is 6.86. The van der Waals surface area contributed by atoms with E-state index < -0.39 is 0 Å². The van der Waals surface area contributed by atoms with Gasteiger partial charge in [-0.3, -0.25) is 9.30 Å². The van der Waals surface area contributed by atoms with Crippen molar-refractivity contribution in [2.24, 2.45) is 0 Å². The van der Waals surface area contributed by atoms with Crippen LogP contribution in [-0.4, -0.2) is 32.9 Å². The molecular weight excluding hydrogens is 364 g/mol. The molecule has 29 heavy (non-hydrogen) atoms. The molecular formula is C23H22N4O2. The normalized spacial score (nSPS) is 14.1. The van der Waals surface area contributed by atoms with Crippen molar-refractivity contribution in [3.05, 3.63) is 88.1 Å². The van der Waals surface area contributed by atoms with Crippen molar-refractivity contribution in [2.45, 2.75) is 19.5 Å². The van der Waals surface area contributed by atoms with E-state index in [9.17, 15) is 4.79 Å². The third-order valence-corrected chi connectivity index (χ3v) is 5.51. The van der Waals surface area contributed by atoms with Gasteiger partial charge in [-0.15, -0.1) is 0 Å². The molecule has 1 aliphatic rings. The smallest absolute Gasteiger partial charge is 0.331 e. The second kappa shape index (κ2) is 7.22. The van der Waals surface area contributed by atoms with E-state index >= 15 is 0 Å². The zero-order valence-corrected chi connectivity index (χ0v) is 16.3. The van der Waals surface area contributed by atoms with Crippen LogP contribution in [0.5, 0.6) is 5.75 Å². The van der Waals surface area contributed by atoms with E-state index in [1.165, 1.54) is 5.56 Å². The number of fused-ring (bicyclic) bond motifs is 3. The lowest BCUT2D eigenvalue weighted by Gasteiger charge is -2.28. The van der Waals surface area contributed by atoms with Gasteiger partial charge in [-0.25, -0.2) is 9.78 Å². The van der Waals surface area contributed by atoms with Gasteiger partial charge in [0.25, 0.3) is 0 Å². The molecule has 1 N–H and O–H groups in total. The summed E-state index contributed by atoms with van der Waals surface area (Å²) in [5.74, 6) is 0.796. The number of aromatic amines is 1. The number of H-pyrrole nitrogens is 1. The van der Waals surface area contributed by atoms with Crippen molar-refractivity contribution >= 4 is 5.65 Å². The molecule has 0 aliphatic carbocycles. The number of nitrogens with one attached hydrogen (secondary N) is 1. The first-order valence-electron chi connectivity index (χ1n) is 9.75. The van der Waals surface area contributed by atoms with E-state index in [4.69, 9.17) is 9.72 Å². The van der Waals surface area contributed by atoms with Crippen molar-refractivity contribution < 1.29 is 4.74 Å². The molecule has 0 bridgehead atoms. The summed E-state index contributed by atoms with van der Waals surface area (Å²) in [4.78, 5) is 22.9. The highest BCUT2D eigenvalue weighted by molar-refractivity contribution is 5.65. The van der Waals surface area contributed by atoms with Crippen LogP contribution < -0.4 is 10.4 Å². The summed E-state index contributed by atoms with van der Waals surface area (Å²) in [5, 5.41) is 0. The number of hydrogen-bond donors (Lipinski definition) is 1. The third kappa shape index (κ3) is 3.32. The predicted molar refractivity (Wildman–Crippen MR) is 112 cm³/mol. The van der Waals surface area contributed by atoms with Crippen LogP contribution in [-0.2, 0) is 19.5 Å². The number of imidazole rings is 1. The lowest BCUT2D eigenvalue weighted by atomic mass is 10.1. The maximum Gasteiger partial charge on any atom is 0.331 e. The molecule has 1 aliphatic heterocycles. The molecule has 0 saturated carbocycles. The van der Waals surface area contributed by atoms with Crippen LogP contribution in [0.25, 0.3) is 16.9 Å². The fourth-order valence-electron chi connectivity index (χ4n) is 3.98. The highest BCUT2D eigenvalue weighted by Crippen LogP contribution is 2.26. The van der Waals surface area contributed by atoms with Gasteiger partial charge in [0.2, 0.25) is 0 Å². The first-order chi connectivity index (χ1) is 14.2. The first kappa shape index (κ1) is 17.7. The fourth-order valence-corrected chi connectivity index (χ4v) is 3.98. The summed E-state index contributed by atoms with van der Waals surface area (Å²) >= 11 is 0. The number of nitrogens with zero attached hydrogens (tertiary/aromatic N) is 3. The summed E-state index contributed by atoms with van der Waals surface area (Å²) in [5.41, 5.74) is 5.74. The lowest BCUT2D eigenvalue weighted by Crippen LogP contribution is -2.33. The van der Waals surface area contributed by atoms with Gasteiger partial charge >= 0.3 is 5.69 Å². The van der Waals surface area contributed by atoms with E-state index in [1.54, 1.807) is 11.5 Å². The van der Waals surface area contributed by atoms with Crippen LogP contribution >= 0.6 is 0 Å². The number of rotatable bonds is 4. The van der Waals surface area contributed by atoms with Crippen LogP contribution in [0, 0.1) is 0 Å². The Morgan fingerprint density at radius 3 is 2.66 bits per heavy atom. The highest BCUT2D eigenvalue weighted by Gasteiger charge is 2.22. The van der Waals surface area contributed by atoms with E-state index in [0.717, 1.165) is 60.0 Å². The van der Waals surface area contributed by atoms with Crippen LogP contribution in [0.1, 0.15) is 16.8 Å². The number of aromatic nitrogens is 3. The fraction of sp³-hybridized carbons (Fsp3) is 0.217. The van der Waals surface area contributed by atoms with E-state index in [1.807, 2.05) is 36.5 Å². The van der Waals surface area contributed by atoms with Crippen molar-refractivity contribution in [3.8, 4) is 17.0 Å². The van der Waals surface area contributed by atoms with Crippen molar-refractivity contribution in [1.29, 1.82) is 0 Å². The van der Waals surface area contributed by atoms with Crippen LogP contribution in [0.3, 0.4) is 0 Å². The zero-order valence-electron chi connectivity index (χ0n) is 16.3. The van der Waals surface area contributed by atoms with Gasteiger partial charge < -0.3 is 9.72 Å². The summed E-state index contributed by atoms with van der Waals surface area (Å²) in [6, 6.07) is 18.2. The van der Waals surface area contributed by atoms with Gasteiger partial charge in [-0.2, -0.15) is 0 Å². The topological polar surface area (TPSA) is 62.6 Å². The molecule has 6 nitrogen and oxygen atoms in total. The monoisotopic (exact) mass is 386 g/mol. The molecule has 6 heteroatoms. The Bertz CT molecular complexity index is 1210. The van der Waals surface area contributed by atoms with Gasteiger partial charge in [0, 0.05) is 49.1 Å². The maximum absolute atomic E-state index is 12.6. The molecule has 3 heterocycles. The minimum absolute atomic E-state index is 0.137. The Morgan fingerprint density at radius 1 is 1.10 bits per heavy atom. The van der Waals surface area contributed by atoms with Crippen LogP contribution in [0.15, 0.2) is 65.6 Å². The summed E-state index contributed by atoms with van der Waals surface area (Å²) in [7, 11) is 1.65. The second-order valence-electron chi connectivity index (χ2n) is 7.38. The molecule has 0 amide bonds. The summed E-state index contributed by atoms with van der Waals surface area (Å²) in [6.45, 7) is 2.57. The molecule has 0 spiro atoms. The molecule has 0 atom stereocenters. The standard InChI is InChI=1S/C23H22N4O2/c1-29-18-9-7-17(8-10-18)21-15-27-22(24-21)19-14-26(12-11-20(19)25-23(27)28)13-16-5-3-2-4-6-16/h2-10,15H,11-14H2,1H3,(H,25,28). The average Bonchev–Trinajstić information content (AvgIpc) is 3.22. The Balaban J connectivity index is 1.52. The number of ether oxygens (including phenoxy) is 1. The molecule has 0 fully saturated rings. The Morgan fingerprint density at radius 2 is 1.90 bits per heavy atom. The second-order valence-corrected chi connectivity index (χ2v) is 7.38. The number of methoxy groups -OCH3 is 1. The number of hydrogen-bond acceptors (Lipinski definition) is 4. The Kier molecular flexibility index (Phi) is 4.41. The molecule has 0 unspecified atom stereocenters. The number of benzene rings is 2. The van der Waals surface area contributed by atoms with E-state index in [-0.39, 0.29) is 5.69 Å². The minimum atomic E-state index is -0.137. The predicted octanol–water partition coefficient (Wildman–Crippen LogP) is 3.26. The van der Waals surface area contributed by atoms with Crippen molar-refractivity contribution in [1.82, 2.24) is 19.3 Å². The Labute approximate surface area is 168 Å².